The quantitative estimate of drug-likeness (QED) is 0.601. The molecule has 3 rings (SSSR count). The first-order valence-electron chi connectivity index (χ1n) is 5.51. The van der Waals surface area contributed by atoms with Gasteiger partial charge in [-0.25, -0.2) is 8.42 Å². The van der Waals surface area contributed by atoms with Crippen molar-refractivity contribution in [3.05, 3.63) is 47.5 Å². The van der Waals surface area contributed by atoms with Gasteiger partial charge in [0.1, 0.15) is 0 Å². The highest BCUT2D eigenvalue weighted by atomic mass is 32.2. The van der Waals surface area contributed by atoms with Crippen LogP contribution in [0.5, 0.6) is 0 Å². The molecule has 0 aromatic heterocycles. The molecule has 18 heavy (non-hydrogen) atoms. The second-order valence-electron chi connectivity index (χ2n) is 4.33. The summed E-state index contributed by atoms with van der Waals surface area (Å²) in [6.45, 7) is 0. The number of hydrogen-bond donors (Lipinski definition) is 2. The molecule has 0 saturated heterocycles. The third-order valence-corrected chi connectivity index (χ3v) is 5.21. The van der Waals surface area contributed by atoms with E-state index in [1.807, 2.05) is 6.07 Å². The Morgan fingerprint density at radius 1 is 0.944 bits per heavy atom. The topological polar surface area (TPSA) is 86.2 Å². The van der Waals surface area contributed by atoms with Crippen LogP contribution in [0.25, 0.3) is 0 Å². The predicted molar refractivity (Wildman–Crippen MR) is 70.0 cm³/mol. The fraction of sp³-hybridized carbons (Fsp3) is 0.0769. The van der Waals surface area contributed by atoms with Gasteiger partial charge in [-0.05, 0) is 23.8 Å². The fourth-order valence-electron chi connectivity index (χ4n) is 2.32. The van der Waals surface area contributed by atoms with E-state index >= 15 is 0 Å². The molecule has 1 aliphatic rings. The molecule has 5 heteroatoms. The summed E-state index contributed by atoms with van der Waals surface area (Å²) in [6.07, 6.45) is 0.502. The van der Waals surface area contributed by atoms with Gasteiger partial charge in [0.25, 0.3) is 0 Å². The summed E-state index contributed by atoms with van der Waals surface area (Å²) in [4.78, 5) is 0.634. The summed E-state index contributed by atoms with van der Waals surface area (Å²) in [5, 5.41) is 0. The van der Waals surface area contributed by atoms with Crippen LogP contribution in [0.15, 0.2) is 46.2 Å². The van der Waals surface area contributed by atoms with E-state index in [1.165, 1.54) is 6.07 Å². The van der Waals surface area contributed by atoms with E-state index in [1.54, 1.807) is 24.3 Å². The van der Waals surface area contributed by atoms with Crippen molar-refractivity contribution in [1.29, 1.82) is 0 Å². The summed E-state index contributed by atoms with van der Waals surface area (Å²) in [7, 11) is -3.48. The average Bonchev–Trinajstić information content (AvgIpc) is 2.34. The molecule has 0 atom stereocenters. The Labute approximate surface area is 105 Å². The molecule has 2 aromatic carbocycles. The lowest BCUT2D eigenvalue weighted by molar-refractivity contribution is 0.592. The van der Waals surface area contributed by atoms with Crippen molar-refractivity contribution in [1.82, 2.24) is 0 Å². The molecule has 0 spiro atoms. The van der Waals surface area contributed by atoms with Gasteiger partial charge in [0.05, 0.1) is 21.2 Å². The van der Waals surface area contributed by atoms with Crippen LogP contribution >= 0.6 is 0 Å². The number of hydrogen-bond acceptors (Lipinski definition) is 4. The van der Waals surface area contributed by atoms with Crippen molar-refractivity contribution < 1.29 is 8.42 Å². The van der Waals surface area contributed by atoms with E-state index in [4.69, 9.17) is 11.5 Å². The Balaban J connectivity index is 2.39. The highest BCUT2D eigenvalue weighted by molar-refractivity contribution is 7.91. The molecular weight excluding hydrogens is 248 g/mol. The smallest absolute Gasteiger partial charge is 0.207 e. The van der Waals surface area contributed by atoms with Gasteiger partial charge in [-0.2, -0.15) is 0 Å². The number of nitrogen functional groups attached to an aromatic ring is 2. The minimum absolute atomic E-state index is 0.271. The molecule has 0 amide bonds. The number of anilines is 2. The fourth-order valence-corrected chi connectivity index (χ4v) is 4.05. The van der Waals surface area contributed by atoms with Gasteiger partial charge in [-0.15, -0.1) is 0 Å². The molecule has 0 unspecified atom stereocenters. The van der Waals surface area contributed by atoms with Crippen LogP contribution in [-0.2, 0) is 16.3 Å². The lowest BCUT2D eigenvalue weighted by atomic mass is 10.0. The number of benzene rings is 2. The summed E-state index contributed by atoms with van der Waals surface area (Å²) in [5.74, 6) is 0. The second kappa shape index (κ2) is 3.49. The van der Waals surface area contributed by atoms with Crippen LogP contribution < -0.4 is 11.5 Å². The van der Waals surface area contributed by atoms with Gasteiger partial charge < -0.3 is 11.5 Å². The molecule has 1 aliphatic heterocycles. The average molecular weight is 260 g/mol. The van der Waals surface area contributed by atoms with Crippen molar-refractivity contribution in [2.24, 2.45) is 0 Å². The van der Waals surface area contributed by atoms with E-state index in [2.05, 4.69) is 0 Å². The van der Waals surface area contributed by atoms with Crippen LogP contribution in [0.4, 0.5) is 11.4 Å². The Bertz CT molecular complexity index is 752. The molecule has 0 saturated carbocycles. The number of fused-ring (bicyclic) bond motifs is 2. The van der Waals surface area contributed by atoms with Crippen molar-refractivity contribution in [2.45, 2.75) is 16.2 Å². The molecule has 92 valence electrons. The van der Waals surface area contributed by atoms with Gasteiger partial charge in [0, 0.05) is 12.0 Å². The highest BCUT2D eigenvalue weighted by Gasteiger charge is 2.30. The standard InChI is InChI=1S/C13H12N2O2S/c14-10-5-6-12-9(13(10)15)7-8-3-1-2-4-11(8)18(12,16)17/h1-6H,7,14-15H2. The van der Waals surface area contributed by atoms with Crippen LogP contribution in [0.1, 0.15) is 11.1 Å². The minimum Gasteiger partial charge on any atom is -0.397 e. The first-order chi connectivity index (χ1) is 8.51. The van der Waals surface area contributed by atoms with Gasteiger partial charge in [0.15, 0.2) is 0 Å². The highest BCUT2D eigenvalue weighted by Crippen LogP contribution is 2.38. The van der Waals surface area contributed by atoms with Gasteiger partial charge in [-0.1, -0.05) is 18.2 Å². The summed E-state index contributed by atoms with van der Waals surface area (Å²) < 4.78 is 24.9. The van der Waals surface area contributed by atoms with Crippen molar-refractivity contribution in [2.75, 3.05) is 11.5 Å². The maximum Gasteiger partial charge on any atom is 0.207 e. The third kappa shape index (κ3) is 1.34. The number of nitrogens with two attached hydrogens (primary N) is 2. The number of rotatable bonds is 0. The zero-order valence-electron chi connectivity index (χ0n) is 9.55. The minimum atomic E-state index is -3.48. The first kappa shape index (κ1) is 11.1. The van der Waals surface area contributed by atoms with E-state index in [9.17, 15) is 8.42 Å². The Morgan fingerprint density at radius 3 is 2.44 bits per heavy atom. The van der Waals surface area contributed by atoms with E-state index in [-0.39, 0.29) is 4.90 Å². The molecule has 0 radical (unpaired) electrons. The molecular formula is C13H12N2O2S. The summed E-state index contributed by atoms with van der Waals surface area (Å²) >= 11 is 0. The van der Waals surface area contributed by atoms with E-state index in [0.717, 1.165) is 5.56 Å². The van der Waals surface area contributed by atoms with Crippen molar-refractivity contribution in [3.63, 3.8) is 0 Å². The van der Waals surface area contributed by atoms with E-state index in [0.29, 0.717) is 28.3 Å². The Hall–Kier alpha value is -2.01. The van der Waals surface area contributed by atoms with Gasteiger partial charge >= 0.3 is 0 Å². The zero-order valence-corrected chi connectivity index (χ0v) is 10.4. The maximum absolute atomic E-state index is 12.5. The SMILES string of the molecule is Nc1ccc2c(c1N)Cc1ccccc1S2(=O)=O. The molecule has 2 aromatic rings. The molecule has 4 nitrogen and oxygen atoms in total. The predicted octanol–water partition coefficient (Wildman–Crippen LogP) is 1.59. The molecule has 0 bridgehead atoms. The zero-order chi connectivity index (χ0) is 12.9. The second-order valence-corrected chi connectivity index (χ2v) is 6.22. The molecule has 0 fully saturated rings. The molecule has 0 aliphatic carbocycles. The van der Waals surface area contributed by atoms with Crippen LogP contribution in [-0.4, -0.2) is 8.42 Å². The third-order valence-electron chi connectivity index (χ3n) is 3.27. The summed E-state index contributed by atoms with van der Waals surface area (Å²) in [6, 6.07) is 10.1. The first-order valence-corrected chi connectivity index (χ1v) is 7.00. The Kier molecular flexibility index (Phi) is 2.15. The lowest BCUT2D eigenvalue weighted by Crippen LogP contribution is -2.16. The summed E-state index contributed by atoms with van der Waals surface area (Å²) in [5.41, 5.74) is 13.8. The largest absolute Gasteiger partial charge is 0.397 e. The monoisotopic (exact) mass is 260 g/mol. The molecule has 1 heterocycles. The van der Waals surface area contributed by atoms with Gasteiger partial charge in [0.2, 0.25) is 9.84 Å². The lowest BCUT2D eigenvalue weighted by Gasteiger charge is -2.21. The normalized spacial score (nSPS) is 15.8. The maximum atomic E-state index is 12.5. The van der Waals surface area contributed by atoms with Crippen molar-refractivity contribution in [3.8, 4) is 0 Å². The van der Waals surface area contributed by atoms with Crippen LogP contribution in [0, 0.1) is 0 Å². The van der Waals surface area contributed by atoms with E-state index < -0.39 is 9.84 Å². The Morgan fingerprint density at radius 2 is 1.67 bits per heavy atom. The molecule has 4 N–H and O–H groups in total. The van der Waals surface area contributed by atoms with Crippen LogP contribution in [0.3, 0.4) is 0 Å². The van der Waals surface area contributed by atoms with Crippen LogP contribution in [0.2, 0.25) is 0 Å². The van der Waals surface area contributed by atoms with Gasteiger partial charge in [-0.3, -0.25) is 0 Å². The number of sulfone groups is 1. The van der Waals surface area contributed by atoms with Crippen molar-refractivity contribution >= 4 is 21.2 Å².